The lowest BCUT2D eigenvalue weighted by Gasteiger charge is -2.38. The van der Waals surface area contributed by atoms with Crippen molar-refractivity contribution in [1.29, 1.82) is 5.26 Å². The molecule has 4 nitrogen and oxygen atoms in total. The predicted molar refractivity (Wildman–Crippen MR) is 75.4 cm³/mol. The average Bonchev–Trinajstić information content (AvgIpc) is 2.40. The smallest absolute Gasteiger partial charge is 0.128 e. The summed E-state index contributed by atoms with van der Waals surface area (Å²) in [6.45, 7) is 6.08. The number of aromatic nitrogens is 1. The van der Waals surface area contributed by atoms with Crippen molar-refractivity contribution in [2.75, 3.05) is 31.1 Å². The van der Waals surface area contributed by atoms with Gasteiger partial charge in [0.25, 0.3) is 0 Å². The Hall–Kier alpha value is -1.12. The quantitative estimate of drug-likeness (QED) is 0.859. The molecule has 1 aromatic heterocycles. The average molecular weight is 309 g/mol. The van der Waals surface area contributed by atoms with E-state index in [1.165, 1.54) is 0 Å². The molecule has 1 atom stereocenters. The van der Waals surface area contributed by atoms with Crippen LogP contribution in [0.25, 0.3) is 0 Å². The van der Waals surface area contributed by atoms with Crippen LogP contribution in [0, 0.1) is 11.3 Å². The Morgan fingerprint density at radius 3 is 2.67 bits per heavy atom. The number of pyridine rings is 1. The Labute approximate surface area is 116 Å². The van der Waals surface area contributed by atoms with E-state index < -0.39 is 0 Å². The maximum absolute atomic E-state index is 8.72. The molecule has 0 aliphatic carbocycles. The SMILES string of the molecule is CC(CC#N)N1CCN(c2ccc(Br)cn2)CC1. The second kappa shape index (κ2) is 6.17. The van der Waals surface area contributed by atoms with Crippen molar-refractivity contribution in [3.8, 4) is 6.07 Å². The number of rotatable bonds is 3. The highest BCUT2D eigenvalue weighted by Gasteiger charge is 2.21. The van der Waals surface area contributed by atoms with Crippen LogP contribution in [-0.4, -0.2) is 42.1 Å². The first-order valence-corrected chi connectivity index (χ1v) is 6.97. The van der Waals surface area contributed by atoms with E-state index in [1.807, 2.05) is 18.3 Å². The predicted octanol–water partition coefficient (Wildman–Crippen LogP) is 2.27. The molecule has 0 spiro atoms. The van der Waals surface area contributed by atoms with E-state index in [0.717, 1.165) is 36.5 Å². The van der Waals surface area contributed by atoms with Crippen LogP contribution < -0.4 is 4.90 Å². The van der Waals surface area contributed by atoms with Gasteiger partial charge in [-0.25, -0.2) is 4.98 Å². The van der Waals surface area contributed by atoms with Gasteiger partial charge in [0.1, 0.15) is 5.82 Å². The minimum absolute atomic E-state index is 0.357. The van der Waals surface area contributed by atoms with Crippen LogP contribution in [-0.2, 0) is 0 Å². The summed E-state index contributed by atoms with van der Waals surface area (Å²) in [6, 6.07) is 6.66. The lowest BCUT2D eigenvalue weighted by atomic mass is 10.2. The van der Waals surface area contributed by atoms with Crippen LogP contribution in [0.5, 0.6) is 0 Å². The molecule has 1 aromatic rings. The number of hydrogen-bond donors (Lipinski definition) is 0. The molecule has 2 heterocycles. The van der Waals surface area contributed by atoms with Gasteiger partial charge in [-0.3, -0.25) is 4.90 Å². The lowest BCUT2D eigenvalue weighted by molar-refractivity contribution is 0.199. The van der Waals surface area contributed by atoms with Crippen LogP contribution in [0.2, 0.25) is 0 Å². The first kappa shape index (κ1) is 13.3. The number of nitriles is 1. The van der Waals surface area contributed by atoms with Gasteiger partial charge < -0.3 is 4.90 Å². The molecule has 5 heteroatoms. The molecule has 0 bridgehead atoms. The highest BCUT2D eigenvalue weighted by Crippen LogP contribution is 2.17. The zero-order chi connectivity index (χ0) is 13.0. The van der Waals surface area contributed by atoms with Gasteiger partial charge in [-0.2, -0.15) is 5.26 Å². The van der Waals surface area contributed by atoms with Crippen molar-refractivity contribution in [2.45, 2.75) is 19.4 Å². The molecule has 1 aliphatic rings. The van der Waals surface area contributed by atoms with E-state index in [2.05, 4.69) is 43.7 Å². The minimum atomic E-state index is 0.357. The van der Waals surface area contributed by atoms with Crippen LogP contribution in [0.3, 0.4) is 0 Å². The maximum Gasteiger partial charge on any atom is 0.128 e. The van der Waals surface area contributed by atoms with Gasteiger partial charge in [0, 0.05) is 42.9 Å². The van der Waals surface area contributed by atoms with Crippen molar-refractivity contribution in [3.63, 3.8) is 0 Å². The maximum atomic E-state index is 8.72. The van der Waals surface area contributed by atoms with Crippen molar-refractivity contribution in [3.05, 3.63) is 22.8 Å². The standard InChI is InChI=1S/C13H17BrN4/c1-11(4-5-15)17-6-8-18(9-7-17)13-3-2-12(14)10-16-13/h2-3,10-11H,4,6-9H2,1H3. The van der Waals surface area contributed by atoms with Gasteiger partial charge >= 0.3 is 0 Å². The third kappa shape index (κ3) is 3.21. The van der Waals surface area contributed by atoms with Crippen LogP contribution in [0.15, 0.2) is 22.8 Å². The van der Waals surface area contributed by atoms with Gasteiger partial charge in [-0.15, -0.1) is 0 Å². The fourth-order valence-corrected chi connectivity index (χ4v) is 2.44. The van der Waals surface area contributed by atoms with Gasteiger partial charge in [0.2, 0.25) is 0 Å². The second-order valence-electron chi connectivity index (χ2n) is 4.57. The monoisotopic (exact) mass is 308 g/mol. The Kier molecular flexibility index (Phi) is 4.56. The molecule has 0 amide bonds. The van der Waals surface area contributed by atoms with Gasteiger partial charge in [-0.1, -0.05) is 0 Å². The highest BCUT2D eigenvalue weighted by molar-refractivity contribution is 9.10. The fraction of sp³-hybridized carbons (Fsp3) is 0.538. The number of hydrogen-bond acceptors (Lipinski definition) is 4. The van der Waals surface area contributed by atoms with Crippen LogP contribution in [0.1, 0.15) is 13.3 Å². The summed E-state index contributed by atoms with van der Waals surface area (Å²) < 4.78 is 1.01. The van der Waals surface area contributed by atoms with Crippen molar-refractivity contribution in [2.24, 2.45) is 0 Å². The van der Waals surface area contributed by atoms with E-state index in [0.29, 0.717) is 12.5 Å². The molecule has 1 saturated heterocycles. The molecule has 96 valence electrons. The molecule has 0 saturated carbocycles. The van der Waals surface area contributed by atoms with Crippen LogP contribution in [0.4, 0.5) is 5.82 Å². The van der Waals surface area contributed by atoms with E-state index in [-0.39, 0.29) is 0 Å². The summed E-state index contributed by atoms with van der Waals surface area (Å²) in [6.07, 6.45) is 2.44. The molecule has 0 N–H and O–H groups in total. The zero-order valence-corrected chi connectivity index (χ0v) is 12.1. The summed E-state index contributed by atoms with van der Waals surface area (Å²) in [4.78, 5) is 9.08. The summed E-state index contributed by atoms with van der Waals surface area (Å²) in [5.41, 5.74) is 0. The first-order chi connectivity index (χ1) is 8.70. The normalized spacial score (nSPS) is 18.4. The fourth-order valence-electron chi connectivity index (χ4n) is 2.21. The Morgan fingerprint density at radius 1 is 1.39 bits per heavy atom. The molecule has 1 unspecified atom stereocenters. The highest BCUT2D eigenvalue weighted by atomic mass is 79.9. The van der Waals surface area contributed by atoms with Crippen LogP contribution >= 0.6 is 15.9 Å². The molecular weight excluding hydrogens is 292 g/mol. The summed E-state index contributed by atoms with van der Waals surface area (Å²) >= 11 is 3.40. The minimum Gasteiger partial charge on any atom is -0.354 e. The molecular formula is C13H17BrN4. The van der Waals surface area contributed by atoms with Gasteiger partial charge in [-0.05, 0) is 35.0 Å². The molecule has 1 fully saturated rings. The number of piperazine rings is 1. The van der Waals surface area contributed by atoms with E-state index in [4.69, 9.17) is 5.26 Å². The van der Waals surface area contributed by atoms with Gasteiger partial charge in [0.15, 0.2) is 0 Å². The molecule has 18 heavy (non-hydrogen) atoms. The van der Waals surface area contributed by atoms with E-state index in [1.54, 1.807) is 0 Å². The Balaban J connectivity index is 1.90. The van der Waals surface area contributed by atoms with Crippen molar-refractivity contribution < 1.29 is 0 Å². The number of halogens is 1. The third-order valence-electron chi connectivity index (χ3n) is 3.36. The topological polar surface area (TPSA) is 43.2 Å². The van der Waals surface area contributed by atoms with E-state index in [9.17, 15) is 0 Å². The number of nitrogens with zero attached hydrogens (tertiary/aromatic N) is 4. The first-order valence-electron chi connectivity index (χ1n) is 6.18. The Morgan fingerprint density at radius 2 is 2.11 bits per heavy atom. The molecule has 0 radical (unpaired) electrons. The third-order valence-corrected chi connectivity index (χ3v) is 3.83. The van der Waals surface area contributed by atoms with Crippen molar-refractivity contribution >= 4 is 21.7 Å². The van der Waals surface area contributed by atoms with E-state index >= 15 is 0 Å². The molecule has 2 rings (SSSR count). The number of anilines is 1. The second-order valence-corrected chi connectivity index (χ2v) is 5.48. The summed E-state index contributed by atoms with van der Waals surface area (Å²) in [5.74, 6) is 1.03. The van der Waals surface area contributed by atoms with Crippen molar-refractivity contribution in [1.82, 2.24) is 9.88 Å². The lowest BCUT2D eigenvalue weighted by Crippen LogP contribution is -2.49. The summed E-state index contributed by atoms with van der Waals surface area (Å²) in [5, 5.41) is 8.72. The molecule has 0 aromatic carbocycles. The largest absolute Gasteiger partial charge is 0.354 e. The zero-order valence-electron chi connectivity index (χ0n) is 10.5. The van der Waals surface area contributed by atoms with Gasteiger partial charge in [0.05, 0.1) is 12.5 Å². The summed E-state index contributed by atoms with van der Waals surface area (Å²) in [7, 11) is 0. The molecule has 1 aliphatic heterocycles. The Bertz CT molecular complexity index is 418.